The summed E-state index contributed by atoms with van der Waals surface area (Å²) in [6.07, 6.45) is 2.05. The van der Waals surface area contributed by atoms with Crippen molar-refractivity contribution in [1.29, 1.82) is 0 Å². The van der Waals surface area contributed by atoms with E-state index in [4.69, 9.17) is 0 Å². The Bertz CT molecular complexity index is 830. The smallest absolute Gasteiger partial charge is 0.170 e. The SMILES string of the molecule is Cc1ccc(-n2c(C)cc(C(=O)Cc3ccccn3)c2C)cc1. The largest absolute Gasteiger partial charge is 0.318 e. The predicted molar refractivity (Wildman–Crippen MR) is 92.3 cm³/mol. The minimum absolute atomic E-state index is 0.107. The van der Waals surface area contributed by atoms with E-state index in [0.717, 1.165) is 28.3 Å². The highest BCUT2D eigenvalue weighted by molar-refractivity contribution is 5.98. The first-order valence-electron chi connectivity index (χ1n) is 7.75. The molecule has 0 aliphatic rings. The average Bonchev–Trinajstić information content (AvgIpc) is 2.84. The second-order valence-electron chi connectivity index (χ2n) is 5.88. The molecule has 3 heteroatoms. The average molecular weight is 304 g/mol. The van der Waals surface area contributed by atoms with Gasteiger partial charge >= 0.3 is 0 Å². The van der Waals surface area contributed by atoms with Crippen molar-refractivity contribution in [3.8, 4) is 5.69 Å². The molecule has 0 saturated carbocycles. The number of pyridine rings is 1. The minimum Gasteiger partial charge on any atom is -0.318 e. The number of hydrogen-bond donors (Lipinski definition) is 0. The van der Waals surface area contributed by atoms with Crippen molar-refractivity contribution in [3.05, 3.63) is 82.9 Å². The molecule has 3 aromatic rings. The zero-order chi connectivity index (χ0) is 16.4. The molecule has 0 atom stereocenters. The quantitative estimate of drug-likeness (QED) is 0.676. The molecular weight excluding hydrogens is 284 g/mol. The third-order valence-electron chi connectivity index (χ3n) is 4.09. The first-order valence-corrected chi connectivity index (χ1v) is 7.75. The van der Waals surface area contributed by atoms with Crippen LogP contribution in [0.3, 0.4) is 0 Å². The van der Waals surface area contributed by atoms with Gasteiger partial charge in [-0.1, -0.05) is 23.8 Å². The summed E-state index contributed by atoms with van der Waals surface area (Å²) in [7, 11) is 0. The Kier molecular flexibility index (Phi) is 4.11. The second kappa shape index (κ2) is 6.21. The Labute approximate surface area is 136 Å². The fourth-order valence-corrected chi connectivity index (χ4v) is 2.90. The van der Waals surface area contributed by atoms with Crippen molar-refractivity contribution < 1.29 is 4.79 Å². The molecule has 23 heavy (non-hydrogen) atoms. The maximum Gasteiger partial charge on any atom is 0.170 e. The molecule has 0 aliphatic carbocycles. The van der Waals surface area contributed by atoms with Gasteiger partial charge in [0, 0.05) is 34.5 Å². The maximum absolute atomic E-state index is 12.6. The van der Waals surface area contributed by atoms with Crippen LogP contribution in [0.2, 0.25) is 0 Å². The molecule has 0 spiro atoms. The minimum atomic E-state index is 0.107. The van der Waals surface area contributed by atoms with Gasteiger partial charge in [-0.2, -0.15) is 0 Å². The van der Waals surface area contributed by atoms with Crippen LogP contribution in [0.25, 0.3) is 5.69 Å². The van der Waals surface area contributed by atoms with Gasteiger partial charge < -0.3 is 4.57 Å². The molecule has 0 fully saturated rings. The molecular formula is C20H20N2O. The molecule has 0 amide bonds. The van der Waals surface area contributed by atoms with Crippen LogP contribution in [-0.4, -0.2) is 15.3 Å². The first-order chi connectivity index (χ1) is 11.1. The Morgan fingerprint density at radius 3 is 2.43 bits per heavy atom. The predicted octanol–water partition coefficient (Wildman–Crippen LogP) is 4.22. The van der Waals surface area contributed by atoms with Crippen molar-refractivity contribution in [2.24, 2.45) is 0 Å². The number of Topliss-reactive ketones (excluding diaryl/α,β-unsaturated/α-hetero) is 1. The molecule has 2 heterocycles. The van der Waals surface area contributed by atoms with E-state index in [1.807, 2.05) is 38.1 Å². The summed E-state index contributed by atoms with van der Waals surface area (Å²) >= 11 is 0. The van der Waals surface area contributed by atoms with E-state index in [1.165, 1.54) is 5.56 Å². The first kappa shape index (κ1) is 15.2. The molecule has 0 radical (unpaired) electrons. The topological polar surface area (TPSA) is 34.9 Å². The molecule has 3 nitrogen and oxygen atoms in total. The summed E-state index contributed by atoms with van der Waals surface area (Å²) in [6.45, 7) is 6.10. The molecule has 0 saturated heterocycles. The Hall–Kier alpha value is -2.68. The van der Waals surface area contributed by atoms with Gasteiger partial charge in [-0.3, -0.25) is 9.78 Å². The van der Waals surface area contributed by atoms with Gasteiger partial charge in [0.05, 0.1) is 6.42 Å². The lowest BCUT2D eigenvalue weighted by Crippen LogP contribution is -2.07. The molecule has 0 N–H and O–H groups in total. The molecule has 3 rings (SSSR count). The molecule has 2 aromatic heterocycles. The zero-order valence-corrected chi connectivity index (χ0v) is 13.7. The lowest BCUT2D eigenvalue weighted by Gasteiger charge is -2.10. The van der Waals surface area contributed by atoms with E-state index in [1.54, 1.807) is 6.20 Å². The van der Waals surface area contributed by atoms with E-state index >= 15 is 0 Å². The van der Waals surface area contributed by atoms with Crippen LogP contribution in [-0.2, 0) is 6.42 Å². The third-order valence-corrected chi connectivity index (χ3v) is 4.09. The summed E-state index contributed by atoms with van der Waals surface area (Å²) < 4.78 is 2.13. The van der Waals surface area contributed by atoms with Gasteiger partial charge in [-0.15, -0.1) is 0 Å². The number of carbonyl (C=O) groups excluding carboxylic acids is 1. The Morgan fingerprint density at radius 2 is 1.78 bits per heavy atom. The number of hydrogen-bond acceptors (Lipinski definition) is 2. The highest BCUT2D eigenvalue weighted by Gasteiger charge is 2.17. The van der Waals surface area contributed by atoms with Gasteiger partial charge in [0.15, 0.2) is 5.78 Å². The van der Waals surface area contributed by atoms with Crippen molar-refractivity contribution in [3.63, 3.8) is 0 Å². The Balaban J connectivity index is 1.94. The number of aryl methyl sites for hydroxylation is 2. The molecule has 0 bridgehead atoms. The van der Waals surface area contributed by atoms with Crippen LogP contribution in [0.1, 0.15) is 33.0 Å². The standard InChI is InChI=1S/C20H20N2O/c1-14-7-9-18(10-8-14)22-15(2)12-19(16(22)3)20(23)13-17-6-4-5-11-21-17/h4-12H,13H2,1-3H3. The summed E-state index contributed by atoms with van der Waals surface area (Å²) in [5.41, 5.74) is 5.93. The number of nitrogens with zero attached hydrogens (tertiary/aromatic N) is 2. The van der Waals surface area contributed by atoms with Crippen LogP contribution < -0.4 is 0 Å². The highest BCUT2D eigenvalue weighted by Crippen LogP contribution is 2.22. The zero-order valence-electron chi connectivity index (χ0n) is 13.7. The molecule has 0 unspecified atom stereocenters. The van der Waals surface area contributed by atoms with E-state index in [-0.39, 0.29) is 5.78 Å². The van der Waals surface area contributed by atoms with Crippen LogP contribution >= 0.6 is 0 Å². The number of aromatic nitrogens is 2. The van der Waals surface area contributed by atoms with Crippen molar-refractivity contribution >= 4 is 5.78 Å². The monoisotopic (exact) mass is 304 g/mol. The van der Waals surface area contributed by atoms with Crippen LogP contribution in [0.5, 0.6) is 0 Å². The Morgan fingerprint density at radius 1 is 1.04 bits per heavy atom. The van der Waals surface area contributed by atoms with Gasteiger partial charge in [0.25, 0.3) is 0 Å². The summed E-state index contributed by atoms with van der Waals surface area (Å²) in [5.74, 6) is 0.107. The van der Waals surface area contributed by atoms with Crippen molar-refractivity contribution in [1.82, 2.24) is 9.55 Å². The molecule has 0 aliphatic heterocycles. The van der Waals surface area contributed by atoms with Crippen molar-refractivity contribution in [2.45, 2.75) is 27.2 Å². The van der Waals surface area contributed by atoms with E-state index in [0.29, 0.717) is 6.42 Å². The van der Waals surface area contributed by atoms with E-state index < -0.39 is 0 Å². The van der Waals surface area contributed by atoms with E-state index in [2.05, 4.69) is 40.7 Å². The van der Waals surface area contributed by atoms with Crippen LogP contribution in [0, 0.1) is 20.8 Å². The number of rotatable bonds is 4. The van der Waals surface area contributed by atoms with Crippen molar-refractivity contribution in [2.75, 3.05) is 0 Å². The fraction of sp³-hybridized carbons (Fsp3) is 0.200. The fourth-order valence-electron chi connectivity index (χ4n) is 2.90. The normalized spacial score (nSPS) is 10.7. The van der Waals surface area contributed by atoms with Crippen LogP contribution in [0.15, 0.2) is 54.7 Å². The van der Waals surface area contributed by atoms with Gasteiger partial charge in [-0.25, -0.2) is 0 Å². The second-order valence-corrected chi connectivity index (χ2v) is 5.88. The van der Waals surface area contributed by atoms with Gasteiger partial charge in [-0.05, 0) is 51.1 Å². The highest BCUT2D eigenvalue weighted by atomic mass is 16.1. The lowest BCUT2D eigenvalue weighted by molar-refractivity contribution is 0.0991. The third kappa shape index (κ3) is 3.09. The summed E-state index contributed by atoms with van der Waals surface area (Å²) in [4.78, 5) is 16.9. The van der Waals surface area contributed by atoms with Gasteiger partial charge in [0.2, 0.25) is 0 Å². The maximum atomic E-state index is 12.6. The van der Waals surface area contributed by atoms with E-state index in [9.17, 15) is 4.79 Å². The summed E-state index contributed by atoms with van der Waals surface area (Å²) in [6, 6.07) is 16.0. The number of ketones is 1. The van der Waals surface area contributed by atoms with Gasteiger partial charge in [0.1, 0.15) is 0 Å². The number of carbonyl (C=O) groups is 1. The summed E-state index contributed by atoms with van der Waals surface area (Å²) in [5, 5.41) is 0. The number of benzene rings is 1. The lowest BCUT2D eigenvalue weighted by atomic mass is 10.1. The van der Waals surface area contributed by atoms with Crippen LogP contribution in [0.4, 0.5) is 0 Å². The molecule has 1 aromatic carbocycles. The molecule has 116 valence electrons.